The number of likely N-dealkylation sites (N-methyl/N-ethyl adjacent to an activating group) is 1. The minimum atomic E-state index is -1.03. The summed E-state index contributed by atoms with van der Waals surface area (Å²) in [5.41, 5.74) is 2.85. The third-order valence-corrected chi connectivity index (χ3v) is 4.11. The van der Waals surface area contributed by atoms with Crippen LogP contribution in [0, 0.1) is 13.8 Å². The van der Waals surface area contributed by atoms with Gasteiger partial charge in [0.15, 0.2) is 0 Å². The number of H-pyrrole nitrogens is 1. The number of amides is 1. The summed E-state index contributed by atoms with van der Waals surface area (Å²) in [4.78, 5) is 29.5. The fourth-order valence-electron chi connectivity index (χ4n) is 2.88. The molecule has 0 radical (unpaired) electrons. The van der Waals surface area contributed by atoms with E-state index in [4.69, 9.17) is 4.74 Å². The van der Waals surface area contributed by atoms with Crippen LogP contribution >= 0.6 is 0 Å². The van der Waals surface area contributed by atoms with E-state index in [-0.39, 0.29) is 11.6 Å². The van der Waals surface area contributed by atoms with Crippen molar-refractivity contribution in [2.75, 3.05) is 14.1 Å². The molecule has 0 bridgehead atoms. The summed E-state index contributed by atoms with van der Waals surface area (Å²) in [6, 6.07) is 8.89. The molecule has 1 heterocycles. The van der Waals surface area contributed by atoms with Gasteiger partial charge in [-0.25, -0.2) is 4.79 Å². The van der Waals surface area contributed by atoms with Crippen LogP contribution in [0.3, 0.4) is 0 Å². The van der Waals surface area contributed by atoms with Crippen LogP contribution in [-0.4, -0.2) is 41.0 Å². The van der Waals surface area contributed by atoms with Gasteiger partial charge in [0.1, 0.15) is 5.69 Å². The summed E-state index contributed by atoms with van der Waals surface area (Å²) in [5, 5.41) is 9.87. The van der Waals surface area contributed by atoms with E-state index < -0.39 is 18.2 Å². The molecule has 0 fully saturated rings. The smallest absolute Gasteiger partial charge is 0.356 e. The van der Waals surface area contributed by atoms with E-state index >= 15 is 0 Å². The number of nitrogens with one attached hydrogen (secondary N) is 1. The number of aliphatic hydroxyl groups excluding tert-OH is 1. The first kappa shape index (κ1) is 18.7. The topological polar surface area (TPSA) is 82.6 Å². The number of hydrogen-bond donors (Lipinski definition) is 2. The van der Waals surface area contributed by atoms with Crippen molar-refractivity contribution in [1.82, 2.24) is 9.88 Å². The number of carbonyl (C=O) groups excluding carboxylic acids is 2. The van der Waals surface area contributed by atoms with Gasteiger partial charge in [-0.2, -0.15) is 0 Å². The molecule has 1 amide bonds. The van der Waals surface area contributed by atoms with Crippen LogP contribution in [0.15, 0.2) is 30.3 Å². The molecular formula is C19H24N2O4. The average molecular weight is 344 g/mol. The van der Waals surface area contributed by atoms with E-state index in [9.17, 15) is 14.7 Å². The van der Waals surface area contributed by atoms with Gasteiger partial charge in [0.25, 0.3) is 5.91 Å². The molecule has 0 saturated heterocycles. The lowest BCUT2D eigenvalue weighted by Crippen LogP contribution is -2.31. The number of hydrogen-bond acceptors (Lipinski definition) is 4. The minimum Gasteiger partial charge on any atom is -0.443 e. The van der Waals surface area contributed by atoms with Crippen LogP contribution in [0.25, 0.3) is 0 Å². The summed E-state index contributed by atoms with van der Waals surface area (Å²) in [6.07, 6.45) is -1.73. The Morgan fingerprint density at radius 2 is 1.76 bits per heavy atom. The van der Waals surface area contributed by atoms with E-state index in [0.717, 1.165) is 0 Å². The molecular weight excluding hydrogens is 320 g/mol. The maximum absolute atomic E-state index is 12.7. The lowest BCUT2D eigenvalue weighted by Gasteiger charge is -2.21. The Labute approximate surface area is 147 Å². The molecule has 25 heavy (non-hydrogen) atoms. The van der Waals surface area contributed by atoms with Crippen molar-refractivity contribution in [1.29, 1.82) is 0 Å². The van der Waals surface area contributed by atoms with Crippen LogP contribution in [-0.2, 0) is 9.53 Å². The normalized spacial score (nSPS) is 13.2. The summed E-state index contributed by atoms with van der Waals surface area (Å²) < 4.78 is 5.53. The predicted octanol–water partition coefficient (Wildman–Crippen LogP) is 2.67. The highest BCUT2D eigenvalue weighted by molar-refractivity contribution is 5.93. The second-order valence-corrected chi connectivity index (χ2v) is 6.27. The molecule has 134 valence electrons. The zero-order valence-corrected chi connectivity index (χ0v) is 15.2. The Kier molecular flexibility index (Phi) is 5.64. The van der Waals surface area contributed by atoms with Crippen molar-refractivity contribution in [2.24, 2.45) is 0 Å². The molecule has 1 aromatic heterocycles. The molecule has 0 aliphatic heterocycles. The van der Waals surface area contributed by atoms with Gasteiger partial charge < -0.3 is 19.7 Å². The van der Waals surface area contributed by atoms with E-state index in [1.165, 1.54) is 4.90 Å². The van der Waals surface area contributed by atoms with Crippen molar-refractivity contribution in [3.63, 3.8) is 0 Å². The van der Waals surface area contributed by atoms with E-state index in [0.29, 0.717) is 22.4 Å². The predicted molar refractivity (Wildman–Crippen MR) is 94.2 cm³/mol. The van der Waals surface area contributed by atoms with Crippen molar-refractivity contribution in [3.8, 4) is 0 Å². The highest BCUT2D eigenvalue weighted by atomic mass is 16.5. The second kappa shape index (κ2) is 7.53. The largest absolute Gasteiger partial charge is 0.443 e. The molecule has 1 aromatic carbocycles. The number of aromatic amines is 1. The SMILES string of the molecule is Cc1[nH]c(C(=O)O[C@H](C(=O)N(C)C)c2ccccc2)c(C)c1[C@@H](C)O. The highest BCUT2D eigenvalue weighted by Crippen LogP contribution is 2.27. The molecule has 0 saturated carbocycles. The van der Waals surface area contributed by atoms with Crippen molar-refractivity contribution in [2.45, 2.75) is 33.0 Å². The Morgan fingerprint density at radius 3 is 2.24 bits per heavy atom. The third-order valence-electron chi connectivity index (χ3n) is 4.11. The molecule has 2 N–H and O–H groups in total. The van der Waals surface area contributed by atoms with Gasteiger partial charge in [-0.15, -0.1) is 0 Å². The van der Waals surface area contributed by atoms with E-state index in [1.54, 1.807) is 59.1 Å². The summed E-state index contributed by atoms with van der Waals surface area (Å²) in [5.74, 6) is -0.951. The lowest BCUT2D eigenvalue weighted by molar-refractivity contribution is -0.138. The van der Waals surface area contributed by atoms with Crippen LogP contribution in [0.1, 0.15) is 52.0 Å². The fourth-order valence-corrected chi connectivity index (χ4v) is 2.88. The number of esters is 1. The van der Waals surface area contributed by atoms with Gasteiger partial charge in [-0.1, -0.05) is 30.3 Å². The Morgan fingerprint density at radius 1 is 1.16 bits per heavy atom. The molecule has 0 aliphatic carbocycles. The number of aliphatic hydroxyl groups is 1. The van der Waals surface area contributed by atoms with Crippen LogP contribution < -0.4 is 0 Å². The molecule has 2 atom stereocenters. The summed E-state index contributed by atoms with van der Waals surface area (Å²) in [6.45, 7) is 5.17. The summed E-state index contributed by atoms with van der Waals surface area (Å²) in [7, 11) is 3.23. The van der Waals surface area contributed by atoms with Gasteiger partial charge in [0, 0.05) is 30.9 Å². The van der Waals surface area contributed by atoms with Gasteiger partial charge in [-0.05, 0) is 26.3 Å². The second-order valence-electron chi connectivity index (χ2n) is 6.27. The number of aromatic nitrogens is 1. The van der Waals surface area contributed by atoms with Crippen molar-refractivity contribution >= 4 is 11.9 Å². The molecule has 6 heteroatoms. The molecule has 0 unspecified atom stereocenters. The standard InChI is InChI=1S/C19H24N2O4/c1-11-15(13(3)22)12(2)20-16(11)19(24)25-17(18(23)21(4)5)14-9-7-6-8-10-14/h6-10,13,17,20,22H,1-5H3/t13-,17+/m1/s1. The highest BCUT2D eigenvalue weighted by Gasteiger charge is 2.29. The number of ether oxygens (including phenoxy) is 1. The van der Waals surface area contributed by atoms with Gasteiger partial charge >= 0.3 is 5.97 Å². The minimum absolute atomic E-state index is 0.251. The maximum atomic E-state index is 12.7. The number of benzene rings is 1. The van der Waals surface area contributed by atoms with E-state index in [2.05, 4.69) is 4.98 Å². The maximum Gasteiger partial charge on any atom is 0.356 e. The number of nitrogens with zero attached hydrogens (tertiary/aromatic N) is 1. The molecule has 6 nitrogen and oxygen atoms in total. The van der Waals surface area contributed by atoms with Crippen LogP contribution in [0.5, 0.6) is 0 Å². The average Bonchev–Trinajstić information content (AvgIpc) is 2.87. The monoisotopic (exact) mass is 344 g/mol. The Balaban J connectivity index is 2.35. The van der Waals surface area contributed by atoms with Crippen LogP contribution in [0.4, 0.5) is 0 Å². The number of carbonyl (C=O) groups is 2. The number of rotatable bonds is 5. The molecule has 2 aromatic rings. The quantitative estimate of drug-likeness (QED) is 0.817. The molecule has 0 spiro atoms. The zero-order valence-electron chi connectivity index (χ0n) is 15.2. The third kappa shape index (κ3) is 3.91. The zero-order chi connectivity index (χ0) is 18.7. The van der Waals surface area contributed by atoms with Crippen molar-refractivity contribution in [3.05, 3.63) is 58.4 Å². The first-order valence-corrected chi connectivity index (χ1v) is 8.08. The number of aryl methyl sites for hydroxylation is 1. The molecule has 2 rings (SSSR count). The lowest BCUT2D eigenvalue weighted by atomic mass is 10.1. The first-order chi connectivity index (χ1) is 11.7. The van der Waals surface area contributed by atoms with Crippen LogP contribution in [0.2, 0.25) is 0 Å². The fraction of sp³-hybridized carbons (Fsp3) is 0.368. The first-order valence-electron chi connectivity index (χ1n) is 8.08. The van der Waals surface area contributed by atoms with Gasteiger partial charge in [0.05, 0.1) is 6.10 Å². The Bertz CT molecular complexity index is 763. The van der Waals surface area contributed by atoms with Crippen molar-refractivity contribution < 1.29 is 19.4 Å². The Hall–Kier alpha value is -2.60. The van der Waals surface area contributed by atoms with E-state index in [1.807, 2.05) is 6.07 Å². The molecule has 0 aliphatic rings. The summed E-state index contributed by atoms with van der Waals surface area (Å²) >= 11 is 0. The van der Waals surface area contributed by atoms with Gasteiger partial charge in [0.2, 0.25) is 6.10 Å². The van der Waals surface area contributed by atoms with Gasteiger partial charge in [-0.3, -0.25) is 4.79 Å².